The molecule has 1 aromatic carbocycles. The number of allylic oxidation sites excluding steroid dienone is 1. The van der Waals surface area contributed by atoms with Crippen LogP contribution in [0.15, 0.2) is 52.3 Å². The molecule has 0 atom stereocenters. The summed E-state index contributed by atoms with van der Waals surface area (Å²) in [4.78, 5) is 45.6. The Morgan fingerprint density at radius 1 is 1.26 bits per heavy atom. The van der Waals surface area contributed by atoms with Crippen molar-refractivity contribution in [2.24, 2.45) is 0 Å². The monoisotopic (exact) mass is 583 g/mol. The van der Waals surface area contributed by atoms with Gasteiger partial charge in [-0.3, -0.25) is 14.2 Å². The Morgan fingerprint density at radius 3 is 2.77 bits per heavy atom. The Balaban J connectivity index is 1.40. The van der Waals surface area contributed by atoms with Crippen LogP contribution in [0.3, 0.4) is 0 Å². The number of hydrogen-bond donors (Lipinski definition) is 1. The van der Waals surface area contributed by atoms with Gasteiger partial charge in [-0.2, -0.15) is 0 Å². The van der Waals surface area contributed by atoms with Gasteiger partial charge in [0.15, 0.2) is 5.16 Å². The van der Waals surface area contributed by atoms with Crippen LogP contribution in [0, 0.1) is 5.82 Å². The summed E-state index contributed by atoms with van der Waals surface area (Å²) >= 11 is 3.90. The molecule has 1 N–H and O–H groups in total. The van der Waals surface area contributed by atoms with Crippen LogP contribution < -0.4 is 10.9 Å². The van der Waals surface area contributed by atoms with Crippen molar-refractivity contribution in [1.82, 2.24) is 9.55 Å². The highest BCUT2D eigenvalue weighted by Gasteiger charge is 2.27. The molecule has 3 heterocycles. The molecular weight excluding hydrogens is 558 g/mol. The van der Waals surface area contributed by atoms with E-state index in [0.717, 1.165) is 53.4 Å². The normalized spacial score (nSPS) is 12.8. The minimum absolute atomic E-state index is 0.00385. The number of benzene rings is 1. The molecule has 202 valence electrons. The van der Waals surface area contributed by atoms with Gasteiger partial charge in [0.25, 0.3) is 5.56 Å². The highest BCUT2D eigenvalue weighted by molar-refractivity contribution is 7.99. The van der Waals surface area contributed by atoms with Gasteiger partial charge in [0.05, 0.1) is 23.3 Å². The average Bonchev–Trinajstić information content (AvgIpc) is 3.51. The zero-order valence-corrected chi connectivity index (χ0v) is 23.7. The molecule has 39 heavy (non-hydrogen) atoms. The number of nitrogens with one attached hydrogen (secondary N) is 1. The summed E-state index contributed by atoms with van der Waals surface area (Å²) in [6.07, 6.45) is 5.34. The minimum atomic E-state index is -0.415. The zero-order chi connectivity index (χ0) is 27.5. The Kier molecular flexibility index (Phi) is 8.29. The maximum Gasteiger partial charge on any atom is 0.341 e. The molecule has 5 rings (SSSR count). The SMILES string of the molecule is C=CCn1c(SCC(=O)Nc2sc3c(c2C(=O)OCC)CCCC3)nc2scc(-c3ccc(F)cc3)c2c1=O. The van der Waals surface area contributed by atoms with E-state index in [1.165, 1.54) is 39.4 Å². The molecule has 0 saturated carbocycles. The Hall–Kier alpha value is -3.28. The molecule has 0 spiro atoms. The maximum absolute atomic E-state index is 13.5. The fraction of sp³-hybridized carbons (Fsp3) is 0.286. The van der Waals surface area contributed by atoms with Gasteiger partial charge in [-0.25, -0.2) is 14.2 Å². The second-order valence-corrected chi connectivity index (χ2v) is 11.8. The fourth-order valence-electron chi connectivity index (χ4n) is 4.61. The number of hydrogen-bond acceptors (Lipinski definition) is 8. The van der Waals surface area contributed by atoms with Gasteiger partial charge in [0.2, 0.25) is 5.91 Å². The smallest absolute Gasteiger partial charge is 0.341 e. The van der Waals surface area contributed by atoms with E-state index < -0.39 is 5.97 Å². The van der Waals surface area contributed by atoms with Crippen LogP contribution >= 0.6 is 34.4 Å². The van der Waals surface area contributed by atoms with Crippen molar-refractivity contribution in [2.75, 3.05) is 17.7 Å². The molecular formula is C28H26FN3O4S3. The van der Waals surface area contributed by atoms with Crippen molar-refractivity contribution < 1.29 is 18.7 Å². The lowest BCUT2D eigenvalue weighted by atomic mass is 9.95. The lowest BCUT2D eigenvalue weighted by Crippen LogP contribution is -2.23. The maximum atomic E-state index is 13.5. The summed E-state index contributed by atoms with van der Waals surface area (Å²) in [5.74, 6) is -1.08. The third-order valence-electron chi connectivity index (χ3n) is 6.36. The number of esters is 1. The predicted molar refractivity (Wildman–Crippen MR) is 156 cm³/mol. The van der Waals surface area contributed by atoms with E-state index >= 15 is 0 Å². The van der Waals surface area contributed by atoms with E-state index in [-0.39, 0.29) is 36.2 Å². The highest BCUT2D eigenvalue weighted by Crippen LogP contribution is 2.39. The topological polar surface area (TPSA) is 90.3 Å². The largest absolute Gasteiger partial charge is 0.462 e. The van der Waals surface area contributed by atoms with Crippen LogP contribution in [0.1, 0.15) is 40.6 Å². The second kappa shape index (κ2) is 11.8. The number of amides is 1. The quantitative estimate of drug-likeness (QED) is 0.108. The number of ether oxygens (including phenoxy) is 1. The number of aromatic nitrogens is 2. The minimum Gasteiger partial charge on any atom is -0.462 e. The van der Waals surface area contributed by atoms with E-state index in [1.807, 2.05) is 5.38 Å². The van der Waals surface area contributed by atoms with Crippen LogP contribution in [-0.4, -0.2) is 33.8 Å². The number of nitrogens with zero attached hydrogens (tertiary/aromatic N) is 2. The van der Waals surface area contributed by atoms with Gasteiger partial charge in [0.1, 0.15) is 15.6 Å². The van der Waals surface area contributed by atoms with Crippen molar-refractivity contribution in [1.29, 1.82) is 0 Å². The van der Waals surface area contributed by atoms with Crippen molar-refractivity contribution in [2.45, 2.75) is 44.3 Å². The molecule has 7 nitrogen and oxygen atoms in total. The molecule has 11 heteroatoms. The van der Waals surface area contributed by atoms with Crippen LogP contribution in [-0.2, 0) is 28.9 Å². The molecule has 4 aromatic rings. The molecule has 0 saturated heterocycles. The first kappa shape index (κ1) is 27.3. The van der Waals surface area contributed by atoms with E-state index in [1.54, 1.807) is 25.1 Å². The van der Waals surface area contributed by atoms with Gasteiger partial charge in [0, 0.05) is 22.4 Å². The molecule has 0 fully saturated rings. The summed E-state index contributed by atoms with van der Waals surface area (Å²) in [6.45, 7) is 6.00. The Labute approximate surface area is 236 Å². The van der Waals surface area contributed by atoms with Gasteiger partial charge in [-0.05, 0) is 55.9 Å². The van der Waals surface area contributed by atoms with Gasteiger partial charge >= 0.3 is 5.97 Å². The standard InChI is InChI=1S/C28H26FN3O4S3/c1-3-13-32-26(34)22-19(16-9-11-17(29)12-10-16)14-37-24(22)31-28(32)38-15-21(33)30-25-23(27(35)36-4-2)18-7-5-6-8-20(18)39-25/h3,9-12,14H,1,4-8,13,15H2,2H3,(H,30,33). The van der Waals surface area contributed by atoms with E-state index in [0.29, 0.717) is 31.5 Å². The number of anilines is 1. The third-order valence-corrected chi connectivity index (χ3v) is 9.42. The summed E-state index contributed by atoms with van der Waals surface area (Å²) in [5, 5.41) is 6.10. The number of carbonyl (C=O) groups is 2. The third kappa shape index (κ3) is 5.57. The first-order chi connectivity index (χ1) is 18.9. The second-order valence-electron chi connectivity index (χ2n) is 8.91. The Bertz CT molecular complexity index is 1620. The number of rotatable bonds is 9. The van der Waals surface area contributed by atoms with Crippen LogP contribution in [0.5, 0.6) is 0 Å². The first-order valence-corrected chi connectivity index (χ1v) is 15.2. The van der Waals surface area contributed by atoms with E-state index in [9.17, 15) is 18.8 Å². The van der Waals surface area contributed by atoms with Crippen molar-refractivity contribution in [3.63, 3.8) is 0 Å². The average molecular weight is 584 g/mol. The number of aryl methyl sites for hydroxylation is 1. The lowest BCUT2D eigenvalue weighted by Gasteiger charge is -2.12. The molecule has 0 bridgehead atoms. The lowest BCUT2D eigenvalue weighted by molar-refractivity contribution is -0.113. The molecule has 3 aromatic heterocycles. The van der Waals surface area contributed by atoms with Crippen LogP contribution in [0.25, 0.3) is 21.3 Å². The van der Waals surface area contributed by atoms with Gasteiger partial charge < -0.3 is 10.1 Å². The number of thioether (sulfide) groups is 1. The van der Waals surface area contributed by atoms with Gasteiger partial charge in [-0.1, -0.05) is 30.0 Å². The van der Waals surface area contributed by atoms with Crippen LogP contribution in [0.2, 0.25) is 0 Å². The number of carbonyl (C=O) groups excluding carboxylic acids is 2. The molecule has 0 unspecified atom stereocenters. The zero-order valence-electron chi connectivity index (χ0n) is 21.3. The van der Waals surface area contributed by atoms with E-state index in [2.05, 4.69) is 11.9 Å². The Morgan fingerprint density at radius 2 is 2.03 bits per heavy atom. The van der Waals surface area contributed by atoms with Crippen molar-refractivity contribution in [3.8, 4) is 11.1 Å². The van der Waals surface area contributed by atoms with Crippen molar-refractivity contribution >= 4 is 61.5 Å². The molecule has 1 aliphatic carbocycles. The highest BCUT2D eigenvalue weighted by atomic mass is 32.2. The predicted octanol–water partition coefficient (Wildman–Crippen LogP) is 6.30. The molecule has 0 aliphatic heterocycles. The number of thiophene rings is 2. The molecule has 1 amide bonds. The summed E-state index contributed by atoms with van der Waals surface area (Å²) in [5.41, 5.74) is 2.60. The molecule has 0 radical (unpaired) electrons. The van der Waals surface area contributed by atoms with Crippen LogP contribution in [0.4, 0.5) is 9.39 Å². The van der Waals surface area contributed by atoms with Gasteiger partial charge in [-0.15, -0.1) is 29.3 Å². The summed E-state index contributed by atoms with van der Waals surface area (Å²) in [7, 11) is 0. The van der Waals surface area contributed by atoms with Crippen molar-refractivity contribution in [3.05, 3.63) is 74.5 Å². The fourth-order valence-corrected chi connectivity index (χ4v) is 7.70. The number of halogens is 1. The first-order valence-electron chi connectivity index (χ1n) is 12.5. The summed E-state index contributed by atoms with van der Waals surface area (Å²) in [6, 6.07) is 5.98. The number of fused-ring (bicyclic) bond motifs is 2. The summed E-state index contributed by atoms with van der Waals surface area (Å²) < 4.78 is 20.2. The van der Waals surface area contributed by atoms with E-state index in [4.69, 9.17) is 9.72 Å². The molecule has 1 aliphatic rings.